The van der Waals surface area contributed by atoms with Crippen LogP contribution in [0.1, 0.15) is 34.3 Å². The molecule has 2 rings (SSSR count). The highest BCUT2D eigenvalue weighted by atomic mass is 79.9. The zero-order valence-corrected chi connectivity index (χ0v) is 19.3. The molecule has 0 aliphatic heterocycles. The second kappa shape index (κ2) is 12.1. The Labute approximate surface area is 189 Å². The molecule has 0 unspecified atom stereocenters. The minimum atomic E-state index is -0.489. The Hall–Kier alpha value is -2.91. The fourth-order valence-electron chi connectivity index (χ4n) is 2.52. The van der Waals surface area contributed by atoms with Crippen molar-refractivity contribution in [2.75, 3.05) is 25.6 Å². The van der Waals surface area contributed by atoms with Gasteiger partial charge in [-0.15, -0.1) is 0 Å². The van der Waals surface area contributed by atoms with E-state index in [4.69, 9.17) is 9.47 Å². The van der Waals surface area contributed by atoms with Gasteiger partial charge in [-0.1, -0.05) is 6.07 Å². The fourth-order valence-corrected chi connectivity index (χ4v) is 3.02. The van der Waals surface area contributed by atoms with Crippen LogP contribution in [0, 0.1) is 13.8 Å². The van der Waals surface area contributed by atoms with Crippen LogP contribution in [0.3, 0.4) is 0 Å². The molecule has 0 bridgehead atoms. The highest BCUT2D eigenvalue weighted by Gasteiger charge is 2.12. The molecule has 0 aromatic heterocycles. The Kier molecular flexibility index (Phi) is 9.48. The van der Waals surface area contributed by atoms with Crippen molar-refractivity contribution >= 4 is 39.3 Å². The molecule has 0 radical (unpaired) electrons. The Morgan fingerprint density at radius 3 is 2.32 bits per heavy atom. The molecular weight excluding hydrogens is 466 g/mol. The van der Waals surface area contributed by atoms with Crippen molar-refractivity contribution in [1.82, 2.24) is 10.9 Å². The number of rotatable bonds is 9. The third-order valence-corrected chi connectivity index (χ3v) is 5.04. The van der Waals surface area contributed by atoms with Crippen LogP contribution < -0.4 is 20.9 Å². The fraction of sp³-hybridized carbons (Fsp3) is 0.318. The summed E-state index contributed by atoms with van der Waals surface area (Å²) in [6.45, 7) is 4.78. The number of halogens is 1. The van der Waals surface area contributed by atoms with Gasteiger partial charge < -0.3 is 14.8 Å². The van der Waals surface area contributed by atoms with Crippen molar-refractivity contribution < 1.29 is 23.9 Å². The van der Waals surface area contributed by atoms with Gasteiger partial charge in [0, 0.05) is 31.2 Å². The maximum Gasteiger partial charge on any atom is 0.269 e. The number of carbonyl (C=O) groups excluding carboxylic acids is 3. The summed E-state index contributed by atoms with van der Waals surface area (Å²) in [4.78, 5) is 36.2. The maximum absolute atomic E-state index is 12.2. The number of carbonyl (C=O) groups is 3. The van der Waals surface area contributed by atoms with Crippen LogP contribution in [0.5, 0.6) is 5.75 Å². The number of amides is 3. The number of aryl methyl sites for hydroxylation is 2. The van der Waals surface area contributed by atoms with Gasteiger partial charge in [-0.3, -0.25) is 25.2 Å². The first-order valence-corrected chi connectivity index (χ1v) is 10.5. The molecule has 0 aliphatic rings. The number of ether oxygens (including phenoxy) is 2. The topological polar surface area (TPSA) is 106 Å². The highest BCUT2D eigenvalue weighted by Crippen LogP contribution is 2.26. The number of anilines is 1. The molecule has 0 fully saturated rings. The number of hydrogen-bond acceptors (Lipinski definition) is 5. The molecule has 0 atom stereocenters. The van der Waals surface area contributed by atoms with E-state index in [9.17, 15) is 14.4 Å². The van der Waals surface area contributed by atoms with Crippen molar-refractivity contribution in [2.45, 2.75) is 26.7 Å². The van der Waals surface area contributed by atoms with Crippen LogP contribution in [0.15, 0.2) is 40.9 Å². The summed E-state index contributed by atoms with van der Waals surface area (Å²) in [5.74, 6) is -0.663. The number of methoxy groups -OCH3 is 1. The lowest BCUT2D eigenvalue weighted by atomic mass is 10.1. The summed E-state index contributed by atoms with van der Waals surface area (Å²) < 4.78 is 11.0. The second-order valence-electron chi connectivity index (χ2n) is 6.84. The van der Waals surface area contributed by atoms with E-state index < -0.39 is 11.8 Å². The van der Waals surface area contributed by atoms with Crippen LogP contribution in [-0.4, -0.2) is 38.0 Å². The Morgan fingerprint density at radius 2 is 1.65 bits per heavy atom. The van der Waals surface area contributed by atoms with Crippen molar-refractivity contribution in [3.63, 3.8) is 0 Å². The summed E-state index contributed by atoms with van der Waals surface area (Å²) in [5, 5.41) is 2.75. The molecule has 0 spiro atoms. The van der Waals surface area contributed by atoms with E-state index in [0.29, 0.717) is 34.7 Å². The summed E-state index contributed by atoms with van der Waals surface area (Å²) in [5.41, 5.74) is 7.86. The van der Waals surface area contributed by atoms with Crippen molar-refractivity contribution in [1.29, 1.82) is 0 Å². The number of nitrogens with one attached hydrogen (secondary N) is 3. The summed E-state index contributed by atoms with van der Waals surface area (Å²) >= 11 is 3.35. The smallest absolute Gasteiger partial charge is 0.269 e. The molecule has 166 valence electrons. The third kappa shape index (κ3) is 8.03. The first kappa shape index (κ1) is 24.4. The van der Waals surface area contributed by atoms with E-state index in [1.54, 1.807) is 25.3 Å². The normalized spacial score (nSPS) is 10.3. The van der Waals surface area contributed by atoms with Gasteiger partial charge >= 0.3 is 0 Å². The third-order valence-electron chi connectivity index (χ3n) is 4.42. The second-order valence-corrected chi connectivity index (χ2v) is 7.69. The quantitative estimate of drug-likeness (QED) is 0.368. The van der Waals surface area contributed by atoms with Gasteiger partial charge in [0.25, 0.3) is 5.91 Å². The van der Waals surface area contributed by atoms with Crippen molar-refractivity contribution in [3.05, 3.63) is 57.6 Å². The Balaban J connectivity index is 1.76. The average Bonchev–Trinajstić information content (AvgIpc) is 2.74. The standard InChI is InChI=1S/C22H26BrN3O5/c1-14-4-6-17(12-15(14)2)24-20(27)8-9-21(28)25-26-22(29)16-5-7-19(18(23)13-16)31-11-10-30-3/h4-7,12-13H,8-11H2,1-3H3,(H,24,27)(H,25,28)(H,26,29). The van der Waals surface area contributed by atoms with Crippen LogP contribution in [0.4, 0.5) is 5.69 Å². The van der Waals surface area contributed by atoms with E-state index in [-0.39, 0.29) is 18.7 Å². The molecule has 31 heavy (non-hydrogen) atoms. The molecule has 8 nitrogen and oxygen atoms in total. The zero-order valence-electron chi connectivity index (χ0n) is 17.7. The van der Waals surface area contributed by atoms with Gasteiger partial charge in [-0.2, -0.15) is 0 Å². The lowest BCUT2D eigenvalue weighted by Gasteiger charge is -2.11. The van der Waals surface area contributed by atoms with Gasteiger partial charge in [0.1, 0.15) is 12.4 Å². The van der Waals surface area contributed by atoms with E-state index in [1.807, 2.05) is 32.0 Å². The predicted octanol–water partition coefficient (Wildman–Crippen LogP) is 3.27. The zero-order chi connectivity index (χ0) is 22.8. The summed E-state index contributed by atoms with van der Waals surface area (Å²) in [6.07, 6.45) is -0.0688. The molecule has 3 amide bonds. The molecule has 2 aromatic carbocycles. The summed E-state index contributed by atoms with van der Waals surface area (Å²) in [6, 6.07) is 10.4. The molecule has 3 N–H and O–H groups in total. The Bertz CT molecular complexity index is 949. The number of benzene rings is 2. The molecular formula is C22H26BrN3O5. The maximum atomic E-state index is 12.2. The summed E-state index contributed by atoms with van der Waals surface area (Å²) in [7, 11) is 1.58. The number of hydrogen-bond donors (Lipinski definition) is 3. The predicted molar refractivity (Wildman–Crippen MR) is 121 cm³/mol. The van der Waals surface area contributed by atoms with Gasteiger partial charge in [-0.25, -0.2) is 0 Å². The SMILES string of the molecule is COCCOc1ccc(C(=O)NNC(=O)CCC(=O)Nc2ccc(C)c(C)c2)cc1Br. The van der Waals surface area contributed by atoms with Crippen molar-refractivity contribution in [3.8, 4) is 5.75 Å². The minimum absolute atomic E-state index is 0.00626. The minimum Gasteiger partial charge on any atom is -0.490 e. The molecule has 2 aromatic rings. The van der Waals surface area contributed by atoms with Crippen LogP contribution in [0.2, 0.25) is 0 Å². The van der Waals surface area contributed by atoms with E-state index in [0.717, 1.165) is 11.1 Å². The van der Waals surface area contributed by atoms with Crippen molar-refractivity contribution in [2.24, 2.45) is 0 Å². The highest BCUT2D eigenvalue weighted by molar-refractivity contribution is 9.10. The van der Waals surface area contributed by atoms with Gasteiger partial charge in [0.15, 0.2) is 0 Å². The van der Waals surface area contributed by atoms with Gasteiger partial charge in [-0.05, 0) is 71.2 Å². The van der Waals surface area contributed by atoms with E-state index >= 15 is 0 Å². The van der Waals surface area contributed by atoms with Crippen LogP contribution in [-0.2, 0) is 14.3 Å². The van der Waals surface area contributed by atoms with Crippen LogP contribution in [0.25, 0.3) is 0 Å². The first-order chi connectivity index (χ1) is 14.8. The Morgan fingerprint density at radius 1 is 0.903 bits per heavy atom. The average molecular weight is 492 g/mol. The molecule has 9 heteroatoms. The monoisotopic (exact) mass is 491 g/mol. The number of hydrazine groups is 1. The van der Waals surface area contributed by atoms with E-state index in [2.05, 4.69) is 32.1 Å². The van der Waals surface area contributed by atoms with Gasteiger partial charge in [0.2, 0.25) is 11.8 Å². The molecule has 0 saturated carbocycles. The van der Waals surface area contributed by atoms with E-state index in [1.165, 1.54) is 0 Å². The first-order valence-electron chi connectivity index (χ1n) is 9.67. The van der Waals surface area contributed by atoms with Crippen LogP contribution >= 0.6 is 15.9 Å². The largest absolute Gasteiger partial charge is 0.490 e. The lowest BCUT2D eigenvalue weighted by Crippen LogP contribution is -2.41. The molecule has 0 aliphatic carbocycles. The molecule has 0 saturated heterocycles. The van der Waals surface area contributed by atoms with Gasteiger partial charge in [0.05, 0.1) is 11.1 Å². The molecule has 0 heterocycles. The lowest BCUT2D eigenvalue weighted by molar-refractivity contribution is -0.124.